The largest absolute Gasteiger partial charge is 0.381 e. The van der Waals surface area contributed by atoms with Crippen LogP contribution in [0.25, 0.3) is 0 Å². The van der Waals surface area contributed by atoms with Crippen molar-refractivity contribution in [2.75, 3.05) is 13.2 Å². The average molecular weight is 331 g/mol. The molecule has 2 aliphatic heterocycles. The number of ether oxygens (including phenoxy) is 1. The summed E-state index contributed by atoms with van der Waals surface area (Å²) in [6.45, 7) is 2.86. The van der Waals surface area contributed by atoms with Gasteiger partial charge in [0.25, 0.3) is 5.91 Å². The van der Waals surface area contributed by atoms with Crippen LogP contribution in [0, 0.1) is 5.92 Å². The van der Waals surface area contributed by atoms with E-state index in [1.165, 1.54) is 0 Å². The average Bonchev–Trinajstić information content (AvgIpc) is 2.88. The minimum Gasteiger partial charge on any atom is -0.381 e. The number of hydrogen-bond donors (Lipinski definition) is 2. The Balaban J connectivity index is 1.79. The van der Waals surface area contributed by atoms with Gasteiger partial charge >= 0.3 is 6.03 Å². The van der Waals surface area contributed by atoms with Crippen LogP contribution in [-0.2, 0) is 19.9 Å². The minimum absolute atomic E-state index is 0.243. The number of carbonyl (C=O) groups is 3. The molecule has 7 heteroatoms. The molecule has 1 aromatic carbocycles. The van der Waals surface area contributed by atoms with Gasteiger partial charge in [-0.1, -0.05) is 37.3 Å². The van der Waals surface area contributed by atoms with E-state index >= 15 is 0 Å². The molecule has 0 spiro atoms. The van der Waals surface area contributed by atoms with Crippen LogP contribution in [0.2, 0.25) is 0 Å². The third-order valence-electron chi connectivity index (χ3n) is 4.70. The molecule has 4 amide bonds. The molecule has 3 rings (SSSR count). The van der Waals surface area contributed by atoms with E-state index in [0.29, 0.717) is 38.0 Å². The van der Waals surface area contributed by atoms with Crippen LogP contribution in [-0.4, -0.2) is 36.1 Å². The number of imide groups is 1. The van der Waals surface area contributed by atoms with Gasteiger partial charge in [0.1, 0.15) is 5.54 Å². The molecule has 7 nitrogen and oxygen atoms in total. The molecule has 1 atom stereocenters. The van der Waals surface area contributed by atoms with Gasteiger partial charge in [-0.15, -0.1) is 0 Å². The maximum Gasteiger partial charge on any atom is 0.344 e. The summed E-state index contributed by atoms with van der Waals surface area (Å²) in [5.41, 5.74) is 2.05. The monoisotopic (exact) mass is 331 g/mol. The van der Waals surface area contributed by atoms with Crippen LogP contribution in [0.3, 0.4) is 0 Å². The highest BCUT2D eigenvalue weighted by atomic mass is 16.5. The van der Waals surface area contributed by atoms with Gasteiger partial charge in [0, 0.05) is 19.1 Å². The fraction of sp³-hybridized carbons (Fsp3) is 0.471. The quantitative estimate of drug-likeness (QED) is 0.814. The number of hydrogen-bond acceptors (Lipinski definition) is 4. The van der Waals surface area contributed by atoms with Crippen molar-refractivity contribution in [3.8, 4) is 0 Å². The van der Waals surface area contributed by atoms with Crippen molar-refractivity contribution in [3.63, 3.8) is 0 Å². The first-order chi connectivity index (χ1) is 11.6. The Morgan fingerprint density at radius 1 is 1.29 bits per heavy atom. The molecule has 2 saturated heterocycles. The fourth-order valence-corrected chi connectivity index (χ4v) is 3.20. The fourth-order valence-electron chi connectivity index (χ4n) is 3.20. The summed E-state index contributed by atoms with van der Waals surface area (Å²) in [7, 11) is 0. The number of nitrogens with one attached hydrogen (secondary N) is 2. The third kappa shape index (κ3) is 2.75. The molecule has 0 aromatic heterocycles. The SMILES string of the molecule is CC[C@]1(c2ccccc2)NC(=O)N(NC(=O)C2CCOCC2)C1=O. The van der Waals surface area contributed by atoms with Gasteiger partial charge in [-0.25, -0.2) is 4.79 Å². The van der Waals surface area contributed by atoms with E-state index < -0.39 is 17.5 Å². The van der Waals surface area contributed by atoms with Crippen molar-refractivity contribution in [3.05, 3.63) is 35.9 Å². The van der Waals surface area contributed by atoms with Crippen LogP contribution < -0.4 is 10.7 Å². The van der Waals surface area contributed by atoms with Crippen molar-refractivity contribution < 1.29 is 19.1 Å². The topological polar surface area (TPSA) is 87.7 Å². The van der Waals surface area contributed by atoms with E-state index in [9.17, 15) is 14.4 Å². The molecule has 0 aliphatic carbocycles. The van der Waals surface area contributed by atoms with Crippen molar-refractivity contribution >= 4 is 17.8 Å². The summed E-state index contributed by atoms with van der Waals surface area (Å²) >= 11 is 0. The van der Waals surface area contributed by atoms with E-state index in [1.807, 2.05) is 25.1 Å². The van der Waals surface area contributed by atoms with E-state index in [2.05, 4.69) is 10.7 Å². The molecule has 1 aromatic rings. The predicted octanol–water partition coefficient (Wildman–Crippen LogP) is 1.30. The number of hydrazine groups is 1. The highest BCUT2D eigenvalue weighted by Gasteiger charge is 2.52. The molecule has 0 unspecified atom stereocenters. The zero-order chi connectivity index (χ0) is 17.2. The Morgan fingerprint density at radius 3 is 2.58 bits per heavy atom. The van der Waals surface area contributed by atoms with Gasteiger partial charge in [-0.2, -0.15) is 5.01 Å². The van der Waals surface area contributed by atoms with Crippen LogP contribution in [0.15, 0.2) is 30.3 Å². The van der Waals surface area contributed by atoms with Gasteiger partial charge in [-0.3, -0.25) is 15.0 Å². The summed E-state index contributed by atoms with van der Waals surface area (Å²) in [4.78, 5) is 37.5. The Labute approximate surface area is 140 Å². The molecule has 2 heterocycles. The van der Waals surface area contributed by atoms with Crippen molar-refractivity contribution in [1.82, 2.24) is 15.8 Å². The maximum absolute atomic E-state index is 12.9. The summed E-state index contributed by atoms with van der Waals surface area (Å²) in [6.07, 6.45) is 1.57. The molecule has 0 bridgehead atoms. The standard InChI is InChI=1S/C17H21N3O4/c1-2-17(13-6-4-3-5-7-13)15(22)20(16(23)18-17)19-14(21)12-8-10-24-11-9-12/h3-7,12H,2,8-11H2,1H3,(H,18,23)(H,19,21)/t17-/m1/s1. The zero-order valence-electron chi connectivity index (χ0n) is 13.6. The second-order valence-electron chi connectivity index (χ2n) is 6.06. The maximum atomic E-state index is 12.9. The van der Waals surface area contributed by atoms with Crippen molar-refractivity contribution in [2.24, 2.45) is 5.92 Å². The highest BCUT2D eigenvalue weighted by Crippen LogP contribution is 2.31. The molecule has 2 N–H and O–H groups in total. The molecule has 2 aliphatic rings. The van der Waals surface area contributed by atoms with Crippen LogP contribution in [0.1, 0.15) is 31.7 Å². The van der Waals surface area contributed by atoms with Gasteiger partial charge in [-0.05, 0) is 24.8 Å². The first kappa shape index (κ1) is 16.4. The third-order valence-corrected chi connectivity index (χ3v) is 4.70. The number of benzene rings is 1. The van der Waals surface area contributed by atoms with Gasteiger partial charge in [0.2, 0.25) is 5.91 Å². The summed E-state index contributed by atoms with van der Waals surface area (Å²) in [5, 5.41) is 3.55. The molecule has 24 heavy (non-hydrogen) atoms. The number of rotatable bonds is 4. The zero-order valence-corrected chi connectivity index (χ0v) is 13.6. The van der Waals surface area contributed by atoms with Crippen LogP contribution in [0.5, 0.6) is 0 Å². The Morgan fingerprint density at radius 2 is 1.96 bits per heavy atom. The molecule has 128 valence electrons. The second-order valence-corrected chi connectivity index (χ2v) is 6.06. The lowest BCUT2D eigenvalue weighted by molar-refractivity contribution is -0.142. The predicted molar refractivity (Wildman–Crippen MR) is 85.5 cm³/mol. The van der Waals surface area contributed by atoms with Gasteiger partial charge < -0.3 is 10.1 Å². The Kier molecular flexibility index (Phi) is 4.53. The number of urea groups is 1. The van der Waals surface area contributed by atoms with Crippen LogP contribution in [0.4, 0.5) is 4.79 Å². The normalized spacial score (nSPS) is 24.8. The Bertz CT molecular complexity index is 642. The van der Waals surface area contributed by atoms with E-state index in [4.69, 9.17) is 4.74 Å². The molecular formula is C17H21N3O4. The van der Waals surface area contributed by atoms with Crippen LogP contribution >= 0.6 is 0 Å². The van der Waals surface area contributed by atoms with E-state index in [0.717, 1.165) is 5.01 Å². The smallest absolute Gasteiger partial charge is 0.344 e. The highest BCUT2D eigenvalue weighted by molar-refractivity contribution is 6.08. The second kappa shape index (κ2) is 6.60. The lowest BCUT2D eigenvalue weighted by Gasteiger charge is -2.26. The van der Waals surface area contributed by atoms with E-state index in [1.54, 1.807) is 12.1 Å². The number of carbonyl (C=O) groups excluding carboxylic acids is 3. The lowest BCUT2D eigenvalue weighted by Crippen LogP contribution is -2.50. The molecule has 0 radical (unpaired) electrons. The van der Waals surface area contributed by atoms with Gasteiger partial charge in [0.15, 0.2) is 0 Å². The number of amides is 4. The minimum atomic E-state index is -1.14. The first-order valence-corrected chi connectivity index (χ1v) is 8.19. The first-order valence-electron chi connectivity index (χ1n) is 8.19. The molecule has 2 fully saturated rings. The molecular weight excluding hydrogens is 310 g/mol. The molecule has 0 saturated carbocycles. The summed E-state index contributed by atoms with van der Waals surface area (Å²) < 4.78 is 5.23. The lowest BCUT2D eigenvalue weighted by atomic mass is 9.87. The summed E-state index contributed by atoms with van der Waals surface area (Å²) in [6, 6.07) is 8.46. The van der Waals surface area contributed by atoms with Gasteiger partial charge in [0.05, 0.1) is 0 Å². The van der Waals surface area contributed by atoms with Crippen molar-refractivity contribution in [1.29, 1.82) is 0 Å². The Hall–Kier alpha value is -2.41. The van der Waals surface area contributed by atoms with E-state index in [-0.39, 0.29) is 11.8 Å². The van der Waals surface area contributed by atoms with Crippen molar-refractivity contribution in [2.45, 2.75) is 31.7 Å². The summed E-state index contributed by atoms with van der Waals surface area (Å²) in [5.74, 6) is -1.02. The number of nitrogens with zero attached hydrogens (tertiary/aromatic N) is 1.